The Bertz CT molecular complexity index is 952. The number of aromatic nitrogens is 2. The molecule has 0 atom stereocenters. The molecular weight excluding hydrogens is 326 g/mol. The van der Waals surface area contributed by atoms with Crippen LogP contribution in [0.1, 0.15) is 28.8 Å². The van der Waals surface area contributed by atoms with Crippen LogP contribution in [-0.2, 0) is 12.8 Å². The molecular formula is C17H15N3O3S. The van der Waals surface area contributed by atoms with E-state index in [4.69, 9.17) is 4.74 Å². The van der Waals surface area contributed by atoms with Crippen molar-refractivity contribution in [3.63, 3.8) is 0 Å². The van der Waals surface area contributed by atoms with Gasteiger partial charge in [0.05, 0.1) is 16.4 Å². The maximum absolute atomic E-state index is 11.0. The quantitative estimate of drug-likeness (QED) is 0.515. The highest BCUT2D eigenvalue weighted by Crippen LogP contribution is 2.40. The van der Waals surface area contributed by atoms with Gasteiger partial charge in [-0.3, -0.25) is 10.1 Å². The summed E-state index contributed by atoms with van der Waals surface area (Å²) in [7, 11) is 0. The van der Waals surface area contributed by atoms with Crippen molar-refractivity contribution >= 4 is 27.2 Å². The van der Waals surface area contributed by atoms with Gasteiger partial charge in [-0.2, -0.15) is 0 Å². The lowest BCUT2D eigenvalue weighted by Crippen LogP contribution is -2.00. The summed E-state index contributed by atoms with van der Waals surface area (Å²) in [5, 5.41) is 12.0. The van der Waals surface area contributed by atoms with Crippen molar-refractivity contribution in [1.82, 2.24) is 9.97 Å². The molecule has 6 nitrogen and oxygen atoms in total. The van der Waals surface area contributed by atoms with Crippen LogP contribution < -0.4 is 4.74 Å². The number of hydrogen-bond donors (Lipinski definition) is 0. The molecule has 0 saturated carbocycles. The van der Waals surface area contributed by atoms with Crippen LogP contribution in [0.25, 0.3) is 10.2 Å². The van der Waals surface area contributed by atoms with Gasteiger partial charge in [-0.15, -0.1) is 11.3 Å². The van der Waals surface area contributed by atoms with Gasteiger partial charge in [-0.05, 0) is 49.8 Å². The molecule has 0 spiro atoms. The number of hydrogen-bond acceptors (Lipinski definition) is 6. The second-order valence-electron chi connectivity index (χ2n) is 5.88. The SMILES string of the molecule is Cc1ccc([N+](=O)[O-])cc1Oc1ncnc2sc3c(c12)CCCC3. The van der Waals surface area contributed by atoms with Crippen LogP contribution in [0.5, 0.6) is 11.6 Å². The number of nitro groups is 1. The van der Waals surface area contributed by atoms with Crippen LogP contribution in [0.15, 0.2) is 24.5 Å². The van der Waals surface area contributed by atoms with Gasteiger partial charge in [0.1, 0.15) is 16.9 Å². The molecule has 2 heterocycles. The van der Waals surface area contributed by atoms with E-state index in [0.717, 1.165) is 35.0 Å². The van der Waals surface area contributed by atoms with E-state index in [-0.39, 0.29) is 5.69 Å². The number of benzene rings is 1. The third-order valence-electron chi connectivity index (χ3n) is 4.31. The number of fused-ring (bicyclic) bond motifs is 3. The zero-order chi connectivity index (χ0) is 16.7. The Hall–Kier alpha value is -2.54. The average Bonchev–Trinajstić information content (AvgIpc) is 2.96. The van der Waals surface area contributed by atoms with Crippen LogP contribution in [0.2, 0.25) is 0 Å². The van der Waals surface area contributed by atoms with Crippen molar-refractivity contribution in [3.8, 4) is 11.6 Å². The van der Waals surface area contributed by atoms with E-state index in [1.54, 1.807) is 17.4 Å². The van der Waals surface area contributed by atoms with Gasteiger partial charge in [-0.1, -0.05) is 0 Å². The minimum Gasteiger partial charge on any atom is -0.438 e. The summed E-state index contributed by atoms with van der Waals surface area (Å²) < 4.78 is 5.99. The molecule has 4 rings (SSSR count). The molecule has 0 aliphatic heterocycles. The molecule has 0 N–H and O–H groups in total. The van der Waals surface area contributed by atoms with Gasteiger partial charge in [-0.25, -0.2) is 9.97 Å². The summed E-state index contributed by atoms with van der Waals surface area (Å²) in [6.07, 6.45) is 5.93. The Balaban J connectivity index is 1.82. The fourth-order valence-corrected chi connectivity index (χ4v) is 4.27. The first-order valence-electron chi connectivity index (χ1n) is 7.81. The fraction of sp³-hybridized carbons (Fsp3) is 0.294. The standard InChI is InChI=1S/C17H15N3O3S/c1-10-6-7-11(20(21)22)8-13(10)23-16-15-12-4-2-3-5-14(12)24-17(15)19-9-18-16/h6-9H,2-5H2,1H3. The summed E-state index contributed by atoms with van der Waals surface area (Å²) in [6.45, 7) is 1.86. The fourth-order valence-electron chi connectivity index (χ4n) is 3.06. The third kappa shape index (κ3) is 2.50. The van der Waals surface area contributed by atoms with E-state index in [1.165, 1.54) is 35.3 Å². The van der Waals surface area contributed by atoms with E-state index >= 15 is 0 Å². The van der Waals surface area contributed by atoms with E-state index in [9.17, 15) is 10.1 Å². The summed E-state index contributed by atoms with van der Waals surface area (Å²) in [5.74, 6) is 0.947. The summed E-state index contributed by atoms with van der Waals surface area (Å²) >= 11 is 1.70. The highest BCUT2D eigenvalue weighted by molar-refractivity contribution is 7.18. The Kier molecular flexibility index (Phi) is 3.65. The number of aryl methyl sites for hydroxylation is 3. The molecule has 24 heavy (non-hydrogen) atoms. The minimum atomic E-state index is -0.422. The van der Waals surface area contributed by atoms with Crippen LogP contribution in [0.3, 0.4) is 0 Å². The van der Waals surface area contributed by atoms with Gasteiger partial charge < -0.3 is 4.74 Å². The Labute approximate surface area is 142 Å². The van der Waals surface area contributed by atoms with Crippen molar-refractivity contribution < 1.29 is 9.66 Å². The van der Waals surface area contributed by atoms with Gasteiger partial charge in [0.25, 0.3) is 5.69 Å². The lowest BCUT2D eigenvalue weighted by molar-refractivity contribution is -0.384. The van der Waals surface area contributed by atoms with Crippen LogP contribution in [0.4, 0.5) is 5.69 Å². The summed E-state index contributed by atoms with van der Waals surface area (Å²) in [4.78, 5) is 21.5. The first-order chi connectivity index (χ1) is 11.6. The van der Waals surface area contributed by atoms with E-state index in [2.05, 4.69) is 9.97 Å². The zero-order valence-electron chi connectivity index (χ0n) is 13.1. The van der Waals surface area contributed by atoms with E-state index < -0.39 is 4.92 Å². The van der Waals surface area contributed by atoms with Gasteiger partial charge in [0, 0.05) is 10.9 Å². The number of non-ortho nitro benzene ring substituents is 1. The maximum atomic E-state index is 11.0. The molecule has 0 unspecified atom stereocenters. The molecule has 3 aromatic rings. The molecule has 2 aromatic heterocycles. The van der Waals surface area contributed by atoms with E-state index in [1.807, 2.05) is 6.92 Å². The second-order valence-corrected chi connectivity index (χ2v) is 6.96. The topological polar surface area (TPSA) is 78.2 Å². The Morgan fingerprint density at radius 3 is 2.92 bits per heavy atom. The first-order valence-corrected chi connectivity index (χ1v) is 8.63. The van der Waals surface area contributed by atoms with Crippen LogP contribution in [-0.4, -0.2) is 14.9 Å². The number of nitro benzene ring substituents is 1. The second kappa shape index (κ2) is 5.83. The van der Waals surface area contributed by atoms with Gasteiger partial charge in [0.15, 0.2) is 0 Å². The lowest BCUT2D eigenvalue weighted by atomic mass is 9.97. The Morgan fingerprint density at radius 2 is 2.08 bits per heavy atom. The molecule has 0 saturated heterocycles. The predicted molar refractivity (Wildman–Crippen MR) is 92.0 cm³/mol. The summed E-state index contributed by atoms with van der Waals surface area (Å²) in [5.41, 5.74) is 2.12. The van der Waals surface area contributed by atoms with Gasteiger partial charge >= 0.3 is 0 Å². The largest absolute Gasteiger partial charge is 0.438 e. The average molecular weight is 341 g/mol. The molecule has 1 aromatic carbocycles. The molecule has 7 heteroatoms. The first kappa shape index (κ1) is 15.0. The maximum Gasteiger partial charge on any atom is 0.273 e. The molecule has 0 radical (unpaired) electrons. The number of ether oxygens (including phenoxy) is 1. The van der Waals surface area contributed by atoms with Gasteiger partial charge in [0.2, 0.25) is 5.88 Å². The highest BCUT2D eigenvalue weighted by Gasteiger charge is 2.21. The zero-order valence-corrected chi connectivity index (χ0v) is 13.9. The monoisotopic (exact) mass is 341 g/mol. The molecule has 0 bridgehead atoms. The van der Waals surface area contributed by atoms with Crippen LogP contribution >= 0.6 is 11.3 Å². The highest BCUT2D eigenvalue weighted by atomic mass is 32.1. The summed E-state index contributed by atoms with van der Waals surface area (Å²) in [6, 6.07) is 4.61. The molecule has 1 aliphatic carbocycles. The normalized spacial score (nSPS) is 13.7. The molecule has 0 fully saturated rings. The number of rotatable bonds is 3. The molecule has 0 amide bonds. The minimum absolute atomic E-state index is 0.00764. The van der Waals surface area contributed by atoms with Crippen molar-refractivity contribution in [3.05, 3.63) is 50.6 Å². The number of thiophene rings is 1. The third-order valence-corrected chi connectivity index (χ3v) is 5.51. The van der Waals surface area contributed by atoms with E-state index in [0.29, 0.717) is 11.6 Å². The Morgan fingerprint density at radius 1 is 1.25 bits per heavy atom. The molecule has 122 valence electrons. The van der Waals surface area contributed by atoms with Crippen molar-refractivity contribution in [1.29, 1.82) is 0 Å². The van der Waals surface area contributed by atoms with Crippen molar-refractivity contribution in [2.75, 3.05) is 0 Å². The van der Waals surface area contributed by atoms with Crippen molar-refractivity contribution in [2.24, 2.45) is 0 Å². The number of nitrogens with zero attached hydrogens (tertiary/aromatic N) is 3. The smallest absolute Gasteiger partial charge is 0.273 e. The predicted octanol–water partition coefficient (Wildman–Crippen LogP) is 4.58. The van der Waals surface area contributed by atoms with Crippen molar-refractivity contribution in [2.45, 2.75) is 32.6 Å². The molecule has 1 aliphatic rings. The lowest BCUT2D eigenvalue weighted by Gasteiger charge is -2.12. The van der Waals surface area contributed by atoms with Crippen LogP contribution in [0, 0.1) is 17.0 Å².